The average molecular weight is 225 g/mol. The van der Waals surface area contributed by atoms with Crippen molar-refractivity contribution in [1.82, 2.24) is 0 Å². The first kappa shape index (κ1) is 11.7. The summed E-state index contributed by atoms with van der Waals surface area (Å²) in [6.07, 6.45) is 2.43. The van der Waals surface area contributed by atoms with Crippen LogP contribution in [0.2, 0.25) is 0 Å². The van der Waals surface area contributed by atoms with Crippen LogP contribution < -0.4 is 4.90 Å². The molecule has 2 aromatic rings. The third-order valence-electron chi connectivity index (χ3n) is 2.87. The minimum atomic E-state index is 1.07. The Morgan fingerprint density at radius 1 is 0.765 bits per heavy atom. The summed E-state index contributed by atoms with van der Waals surface area (Å²) in [6, 6.07) is 21.2. The molecule has 0 radical (unpaired) electrons. The molecule has 0 spiro atoms. The second-order valence-corrected chi connectivity index (χ2v) is 4.18. The summed E-state index contributed by atoms with van der Waals surface area (Å²) >= 11 is 0. The Kier molecular flexibility index (Phi) is 4.20. The smallest absolute Gasteiger partial charge is 0.0410 e. The van der Waals surface area contributed by atoms with Gasteiger partial charge in [-0.25, -0.2) is 0 Å². The Labute approximate surface area is 104 Å². The van der Waals surface area contributed by atoms with Crippen molar-refractivity contribution in [3.8, 4) is 0 Å². The Balaban J connectivity index is 2.26. The standard InChI is InChI=1S/C16H19N/c1-2-3-14-17(15-10-6-4-7-11-15)16-12-8-5-9-13-16/h4-13H,2-3,14H2,1H3. The number of hydrogen-bond donors (Lipinski definition) is 0. The lowest BCUT2D eigenvalue weighted by Crippen LogP contribution is -2.17. The summed E-state index contributed by atoms with van der Waals surface area (Å²) in [4.78, 5) is 2.38. The normalized spacial score (nSPS) is 10.2. The van der Waals surface area contributed by atoms with Gasteiger partial charge in [-0.3, -0.25) is 0 Å². The topological polar surface area (TPSA) is 3.24 Å². The molecule has 0 fully saturated rings. The van der Waals surface area contributed by atoms with Crippen LogP contribution in [0.15, 0.2) is 60.7 Å². The van der Waals surface area contributed by atoms with E-state index in [-0.39, 0.29) is 0 Å². The fourth-order valence-corrected chi connectivity index (χ4v) is 1.94. The molecule has 2 rings (SSSR count). The predicted molar refractivity (Wildman–Crippen MR) is 74.8 cm³/mol. The second kappa shape index (κ2) is 6.09. The van der Waals surface area contributed by atoms with E-state index in [1.165, 1.54) is 24.2 Å². The van der Waals surface area contributed by atoms with Crippen LogP contribution in [-0.4, -0.2) is 6.54 Å². The largest absolute Gasteiger partial charge is 0.341 e. The van der Waals surface area contributed by atoms with E-state index in [9.17, 15) is 0 Å². The van der Waals surface area contributed by atoms with Crippen LogP contribution in [0.25, 0.3) is 0 Å². The monoisotopic (exact) mass is 225 g/mol. The summed E-state index contributed by atoms with van der Waals surface area (Å²) < 4.78 is 0. The van der Waals surface area contributed by atoms with Crippen LogP contribution in [-0.2, 0) is 0 Å². The highest BCUT2D eigenvalue weighted by Gasteiger charge is 2.06. The van der Waals surface area contributed by atoms with Crippen molar-refractivity contribution in [3.63, 3.8) is 0 Å². The molecule has 0 unspecified atom stereocenters. The van der Waals surface area contributed by atoms with Gasteiger partial charge in [-0.2, -0.15) is 0 Å². The molecular formula is C16H19N. The van der Waals surface area contributed by atoms with Crippen LogP contribution >= 0.6 is 0 Å². The quantitative estimate of drug-likeness (QED) is 0.717. The van der Waals surface area contributed by atoms with Gasteiger partial charge in [0, 0.05) is 17.9 Å². The van der Waals surface area contributed by atoms with Crippen molar-refractivity contribution >= 4 is 11.4 Å². The van der Waals surface area contributed by atoms with Gasteiger partial charge in [-0.05, 0) is 30.7 Å². The minimum absolute atomic E-state index is 1.07. The molecule has 0 heterocycles. The van der Waals surface area contributed by atoms with Gasteiger partial charge in [-0.15, -0.1) is 0 Å². The zero-order valence-electron chi connectivity index (χ0n) is 10.3. The van der Waals surface area contributed by atoms with Crippen molar-refractivity contribution < 1.29 is 0 Å². The van der Waals surface area contributed by atoms with E-state index in [2.05, 4.69) is 72.5 Å². The lowest BCUT2D eigenvalue weighted by Gasteiger charge is -2.24. The first-order chi connectivity index (χ1) is 8.42. The maximum absolute atomic E-state index is 2.38. The highest BCUT2D eigenvalue weighted by molar-refractivity contribution is 5.62. The zero-order chi connectivity index (χ0) is 11.9. The van der Waals surface area contributed by atoms with Crippen LogP contribution in [0.4, 0.5) is 11.4 Å². The summed E-state index contributed by atoms with van der Waals surface area (Å²) in [6.45, 7) is 3.30. The van der Waals surface area contributed by atoms with Crippen LogP contribution in [0.1, 0.15) is 19.8 Å². The maximum Gasteiger partial charge on any atom is 0.0410 e. The van der Waals surface area contributed by atoms with Gasteiger partial charge in [0.15, 0.2) is 0 Å². The minimum Gasteiger partial charge on any atom is -0.341 e. The van der Waals surface area contributed by atoms with E-state index >= 15 is 0 Å². The molecule has 0 aliphatic rings. The molecule has 0 aromatic heterocycles. The Hall–Kier alpha value is -1.76. The molecule has 88 valence electrons. The molecule has 0 atom stereocenters. The zero-order valence-corrected chi connectivity index (χ0v) is 10.3. The number of unbranched alkanes of at least 4 members (excludes halogenated alkanes) is 1. The van der Waals surface area contributed by atoms with Crippen LogP contribution in [0.5, 0.6) is 0 Å². The number of anilines is 2. The molecule has 0 aliphatic carbocycles. The van der Waals surface area contributed by atoms with Crippen molar-refractivity contribution in [2.45, 2.75) is 19.8 Å². The summed E-state index contributed by atoms with van der Waals surface area (Å²) in [5.74, 6) is 0. The Bertz CT molecular complexity index is 382. The fraction of sp³-hybridized carbons (Fsp3) is 0.250. The van der Waals surface area contributed by atoms with Crippen molar-refractivity contribution in [3.05, 3.63) is 60.7 Å². The number of hydrogen-bond acceptors (Lipinski definition) is 1. The molecule has 0 N–H and O–H groups in total. The van der Waals surface area contributed by atoms with Gasteiger partial charge in [0.1, 0.15) is 0 Å². The third-order valence-corrected chi connectivity index (χ3v) is 2.87. The second-order valence-electron chi connectivity index (χ2n) is 4.18. The molecule has 17 heavy (non-hydrogen) atoms. The Morgan fingerprint density at radius 2 is 1.24 bits per heavy atom. The summed E-state index contributed by atoms with van der Waals surface area (Å²) in [7, 11) is 0. The van der Waals surface area contributed by atoms with Crippen molar-refractivity contribution in [2.24, 2.45) is 0 Å². The van der Waals surface area contributed by atoms with E-state index in [0.29, 0.717) is 0 Å². The van der Waals surface area contributed by atoms with Gasteiger partial charge in [0.25, 0.3) is 0 Å². The van der Waals surface area contributed by atoms with Crippen LogP contribution in [0, 0.1) is 0 Å². The van der Waals surface area contributed by atoms with E-state index < -0.39 is 0 Å². The van der Waals surface area contributed by atoms with Crippen molar-refractivity contribution in [1.29, 1.82) is 0 Å². The lowest BCUT2D eigenvalue weighted by atomic mass is 10.2. The van der Waals surface area contributed by atoms with Gasteiger partial charge >= 0.3 is 0 Å². The molecule has 0 amide bonds. The molecule has 2 aromatic carbocycles. The molecule has 0 bridgehead atoms. The number of nitrogens with zero attached hydrogens (tertiary/aromatic N) is 1. The molecule has 1 nitrogen and oxygen atoms in total. The lowest BCUT2D eigenvalue weighted by molar-refractivity contribution is 0.786. The SMILES string of the molecule is CCCCN(c1ccccc1)c1ccccc1. The van der Waals surface area contributed by atoms with Crippen LogP contribution in [0.3, 0.4) is 0 Å². The summed E-state index contributed by atoms with van der Waals surface area (Å²) in [5.41, 5.74) is 2.54. The van der Waals surface area contributed by atoms with E-state index in [0.717, 1.165) is 6.54 Å². The predicted octanol–water partition coefficient (Wildman–Crippen LogP) is 4.62. The fourth-order valence-electron chi connectivity index (χ4n) is 1.94. The van der Waals surface area contributed by atoms with E-state index in [1.54, 1.807) is 0 Å². The maximum atomic E-state index is 2.38. The van der Waals surface area contributed by atoms with E-state index in [4.69, 9.17) is 0 Å². The molecule has 0 saturated heterocycles. The number of rotatable bonds is 5. The molecule has 0 saturated carbocycles. The Morgan fingerprint density at radius 3 is 1.65 bits per heavy atom. The number of para-hydroxylation sites is 2. The highest BCUT2D eigenvalue weighted by atomic mass is 15.1. The highest BCUT2D eigenvalue weighted by Crippen LogP contribution is 2.24. The van der Waals surface area contributed by atoms with Crippen molar-refractivity contribution in [2.75, 3.05) is 11.4 Å². The summed E-state index contributed by atoms with van der Waals surface area (Å²) in [5, 5.41) is 0. The van der Waals surface area contributed by atoms with Gasteiger partial charge in [0.2, 0.25) is 0 Å². The van der Waals surface area contributed by atoms with E-state index in [1.807, 2.05) is 0 Å². The van der Waals surface area contributed by atoms with Gasteiger partial charge in [0.05, 0.1) is 0 Å². The average Bonchev–Trinajstić information content (AvgIpc) is 2.42. The third kappa shape index (κ3) is 3.10. The van der Waals surface area contributed by atoms with Gasteiger partial charge in [-0.1, -0.05) is 49.7 Å². The first-order valence-corrected chi connectivity index (χ1v) is 6.29. The first-order valence-electron chi connectivity index (χ1n) is 6.29. The van der Waals surface area contributed by atoms with Gasteiger partial charge < -0.3 is 4.90 Å². The molecular weight excluding hydrogens is 206 g/mol. The number of benzene rings is 2. The molecule has 0 aliphatic heterocycles. The molecule has 1 heteroatoms.